The van der Waals surface area contributed by atoms with Gasteiger partial charge in [0.15, 0.2) is 0 Å². The van der Waals surface area contributed by atoms with E-state index in [1.54, 1.807) is 0 Å². The number of rotatable bonds is 4. The van der Waals surface area contributed by atoms with E-state index in [9.17, 15) is 5.11 Å². The number of aromatic nitrogens is 2. The van der Waals surface area contributed by atoms with Crippen LogP contribution in [0.2, 0.25) is 0 Å². The number of aliphatic hydroxyl groups is 1. The molecule has 0 radical (unpaired) electrons. The Bertz CT molecular complexity index is 321. The van der Waals surface area contributed by atoms with Crippen molar-refractivity contribution in [2.24, 2.45) is 0 Å². The van der Waals surface area contributed by atoms with Crippen molar-refractivity contribution in [3.05, 3.63) is 18.0 Å². The fourth-order valence-electron chi connectivity index (χ4n) is 2.11. The molecule has 1 saturated heterocycles. The largest absolute Gasteiger partial charge is 0.387 e. The van der Waals surface area contributed by atoms with Crippen molar-refractivity contribution >= 4 is 11.8 Å². The van der Waals surface area contributed by atoms with E-state index in [0.717, 1.165) is 24.9 Å². The van der Waals surface area contributed by atoms with Gasteiger partial charge in [-0.25, -0.2) is 0 Å². The van der Waals surface area contributed by atoms with Crippen molar-refractivity contribution in [2.45, 2.75) is 50.5 Å². The van der Waals surface area contributed by atoms with Crippen LogP contribution in [0.5, 0.6) is 0 Å². The standard InChI is InChI=1S/C12H20N2OS/c1-2-6-14-9-10(8-13-14)12(15)11-5-3-4-7-16-11/h8-9,11-12,15H,2-7H2,1H3. The first-order valence-electron chi connectivity index (χ1n) is 6.13. The number of hydrogen-bond acceptors (Lipinski definition) is 3. The number of aryl methyl sites for hydroxylation is 1. The Balaban J connectivity index is 1.98. The first-order valence-corrected chi connectivity index (χ1v) is 7.18. The summed E-state index contributed by atoms with van der Waals surface area (Å²) in [6.45, 7) is 3.07. The van der Waals surface area contributed by atoms with E-state index in [1.807, 2.05) is 28.8 Å². The van der Waals surface area contributed by atoms with Gasteiger partial charge in [-0.2, -0.15) is 16.9 Å². The maximum absolute atomic E-state index is 10.3. The van der Waals surface area contributed by atoms with Crippen LogP contribution in [0, 0.1) is 0 Å². The molecular formula is C12H20N2OS. The van der Waals surface area contributed by atoms with Gasteiger partial charge in [-0.15, -0.1) is 0 Å². The summed E-state index contributed by atoms with van der Waals surface area (Å²) >= 11 is 1.90. The third kappa shape index (κ3) is 2.80. The highest BCUT2D eigenvalue weighted by Gasteiger charge is 2.24. The maximum atomic E-state index is 10.3. The van der Waals surface area contributed by atoms with Gasteiger partial charge < -0.3 is 5.11 Å². The van der Waals surface area contributed by atoms with Crippen molar-refractivity contribution in [1.82, 2.24) is 9.78 Å². The molecule has 2 unspecified atom stereocenters. The van der Waals surface area contributed by atoms with Crippen LogP contribution >= 0.6 is 11.8 Å². The van der Waals surface area contributed by atoms with E-state index >= 15 is 0 Å². The van der Waals surface area contributed by atoms with Crippen molar-refractivity contribution < 1.29 is 5.11 Å². The van der Waals surface area contributed by atoms with E-state index in [4.69, 9.17) is 0 Å². The highest BCUT2D eigenvalue weighted by atomic mass is 32.2. The quantitative estimate of drug-likeness (QED) is 0.879. The molecule has 0 saturated carbocycles. The summed E-state index contributed by atoms with van der Waals surface area (Å²) in [5, 5.41) is 14.9. The van der Waals surface area contributed by atoms with Crippen LogP contribution in [0.15, 0.2) is 12.4 Å². The molecule has 1 N–H and O–H groups in total. The van der Waals surface area contributed by atoms with E-state index in [2.05, 4.69) is 12.0 Å². The zero-order chi connectivity index (χ0) is 11.4. The highest BCUT2D eigenvalue weighted by molar-refractivity contribution is 7.99. The highest BCUT2D eigenvalue weighted by Crippen LogP contribution is 2.34. The maximum Gasteiger partial charge on any atom is 0.0938 e. The summed E-state index contributed by atoms with van der Waals surface area (Å²) in [6, 6.07) is 0. The smallest absolute Gasteiger partial charge is 0.0938 e. The van der Waals surface area contributed by atoms with Gasteiger partial charge in [0.05, 0.1) is 12.3 Å². The topological polar surface area (TPSA) is 38.0 Å². The lowest BCUT2D eigenvalue weighted by Gasteiger charge is -2.25. The summed E-state index contributed by atoms with van der Waals surface area (Å²) in [7, 11) is 0. The monoisotopic (exact) mass is 240 g/mol. The SMILES string of the molecule is CCCn1cc(C(O)C2CCCCS2)cn1. The van der Waals surface area contributed by atoms with Crippen LogP contribution in [-0.4, -0.2) is 25.9 Å². The molecule has 0 amide bonds. The molecule has 1 aromatic rings. The Kier molecular flexibility index (Phi) is 4.29. The Morgan fingerprint density at radius 2 is 2.50 bits per heavy atom. The van der Waals surface area contributed by atoms with Crippen molar-refractivity contribution in [1.29, 1.82) is 0 Å². The Hall–Kier alpha value is -0.480. The molecular weight excluding hydrogens is 220 g/mol. The predicted molar refractivity (Wildman–Crippen MR) is 67.6 cm³/mol. The Morgan fingerprint density at radius 1 is 1.62 bits per heavy atom. The molecule has 2 atom stereocenters. The number of hydrogen-bond donors (Lipinski definition) is 1. The zero-order valence-electron chi connectivity index (χ0n) is 9.80. The molecule has 0 bridgehead atoms. The molecule has 1 fully saturated rings. The molecule has 0 spiro atoms. The minimum absolute atomic E-state index is 0.337. The molecule has 90 valence electrons. The Morgan fingerprint density at radius 3 is 3.19 bits per heavy atom. The molecule has 3 nitrogen and oxygen atoms in total. The van der Waals surface area contributed by atoms with Crippen molar-refractivity contribution in [3.8, 4) is 0 Å². The summed E-state index contributed by atoms with van der Waals surface area (Å²) in [6.07, 6.45) is 8.22. The average molecular weight is 240 g/mol. The van der Waals surface area contributed by atoms with Gasteiger partial charge in [-0.05, 0) is 25.0 Å². The van der Waals surface area contributed by atoms with Crippen LogP contribution in [0.3, 0.4) is 0 Å². The molecule has 16 heavy (non-hydrogen) atoms. The van der Waals surface area contributed by atoms with Crippen LogP contribution in [-0.2, 0) is 6.54 Å². The van der Waals surface area contributed by atoms with Crippen LogP contribution in [0.4, 0.5) is 0 Å². The van der Waals surface area contributed by atoms with Gasteiger partial charge >= 0.3 is 0 Å². The van der Waals surface area contributed by atoms with Gasteiger partial charge in [0, 0.05) is 23.6 Å². The fourth-order valence-corrected chi connectivity index (χ4v) is 3.46. The molecule has 0 aromatic carbocycles. The average Bonchev–Trinajstić information content (AvgIpc) is 2.78. The minimum Gasteiger partial charge on any atom is -0.387 e. The van der Waals surface area contributed by atoms with E-state index in [-0.39, 0.29) is 6.10 Å². The molecule has 2 rings (SSSR count). The van der Waals surface area contributed by atoms with Crippen molar-refractivity contribution in [2.75, 3.05) is 5.75 Å². The second-order valence-corrected chi connectivity index (χ2v) is 5.73. The van der Waals surface area contributed by atoms with Crippen molar-refractivity contribution in [3.63, 3.8) is 0 Å². The predicted octanol–water partition coefficient (Wildman–Crippen LogP) is 2.61. The number of nitrogens with zero attached hydrogens (tertiary/aromatic N) is 2. The lowest BCUT2D eigenvalue weighted by atomic mass is 10.1. The molecule has 1 aromatic heterocycles. The lowest BCUT2D eigenvalue weighted by Crippen LogP contribution is -2.18. The number of aliphatic hydroxyl groups excluding tert-OH is 1. The van der Waals surface area contributed by atoms with Gasteiger partial charge in [0.1, 0.15) is 0 Å². The van der Waals surface area contributed by atoms with Crippen LogP contribution in [0.25, 0.3) is 0 Å². The fraction of sp³-hybridized carbons (Fsp3) is 0.750. The van der Waals surface area contributed by atoms with Gasteiger partial charge in [-0.3, -0.25) is 4.68 Å². The molecule has 2 heterocycles. The summed E-state index contributed by atoms with van der Waals surface area (Å²) in [5.74, 6) is 1.19. The van der Waals surface area contributed by atoms with Gasteiger partial charge in [-0.1, -0.05) is 13.3 Å². The molecule has 1 aliphatic rings. The lowest BCUT2D eigenvalue weighted by molar-refractivity contribution is 0.168. The van der Waals surface area contributed by atoms with Crippen LogP contribution < -0.4 is 0 Å². The normalized spacial score (nSPS) is 23.2. The van der Waals surface area contributed by atoms with E-state index in [0.29, 0.717) is 5.25 Å². The summed E-state index contributed by atoms with van der Waals surface area (Å²) < 4.78 is 1.92. The molecule has 0 aliphatic carbocycles. The first kappa shape index (κ1) is 12.0. The summed E-state index contributed by atoms with van der Waals surface area (Å²) in [5.41, 5.74) is 0.979. The van der Waals surface area contributed by atoms with E-state index < -0.39 is 0 Å². The minimum atomic E-state index is -0.337. The third-order valence-electron chi connectivity index (χ3n) is 3.01. The molecule has 1 aliphatic heterocycles. The number of thioether (sulfide) groups is 1. The Labute approximate surface area is 101 Å². The van der Waals surface area contributed by atoms with Crippen LogP contribution in [0.1, 0.15) is 44.3 Å². The third-order valence-corrected chi connectivity index (χ3v) is 4.46. The van der Waals surface area contributed by atoms with Gasteiger partial charge in [0.2, 0.25) is 0 Å². The second-order valence-electron chi connectivity index (χ2n) is 4.39. The van der Waals surface area contributed by atoms with Gasteiger partial charge in [0.25, 0.3) is 0 Å². The van der Waals surface area contributed by atoms with E-state index in [1.165, 1.54) is 18.6 Å². The molecule has 4 heteroatoms. The zero-order valence-corrected chi connectivity index (χ0v) is 10.6. The first-order chi connectivity index (χ1) is 7.81. The summed E-state index contributed by atoms with van der Waals surface area (Å²) in [4.78, 5) is 0. The second kappa shape index (κ2) is 5.73.